The van der Waals surface area contributed by atoms with Gasteiger partial charge in [-0.15, -0.1) is 12.4 Å². The zero-order chi connectivity index (χ0) is 12.6. The summed E-state index contributed by atoms with van der Waals surface area (Å²) in [6, 6.07) is 0.460. The molecule has 0 aromatic rings. The summed E-state index contributed by atoms with van der Waals surface area (Å²) in [6.45, 7) is 3.78. The van der Waals surface area contributed by atoms with E-state index in [1.807, 2.05) is 0 Å². The molecule has 2 unspecified atom stereocenters. The van der Waals surface area contributed by atoms with Crippen molar-refractivity contribution in [3.05, 3.63) is 0 Å². The van der Waals surface area contributed by atoms with Crippen LogP contribution in [0.15, 0.2) is 0 Å². The van der Waals surface area contributed by atoms with Crippen LogP contribution in [0, 0.1) is 0 Å². The van der Waals surface area contributed by atoms with Gasteiger partial charge in [-0.2, -0.15) is 0 Å². The lowest BCUT2D eigenvalue weighted by molar-refractivity contribution is -0.122. The Hall–Kier alpha value is -0.360. The van der Waals surface area contributed by atoms with E-state index in [9.17, 15) is 4.79 Å². The van der Waals surface area contributed by atoms with Crippen LogP contribution in [-0.2, 0) is 14.3 Å². The minimum absolute atomic E-state index is 0. The molecule has 0 aromatic heterocycles. The van der Waals surface area contributed by atoms with Crippen molar-refractivity contribution in [3.8, 4) is 0 Å². The normalized spacial score (nSPS) is 26.1. The summed E-state index contributed by atoms with van der Waals surface area (Å²) in [5, 5.41) is 6.29. The smallest absolute Gasteiger partial charge is 0.222 e. The topological polar surface area (TPSA) is 59.6 Å². The molecular weight excluding hydrogens is 268 g/mol. The number of halogens is 1. The molecule has 0 radical (unpaired) electrons. The van der Waals surface area contributed by atoms with Crippen molar-refractivity contribution in [2.75, 3.05) is 32.9 Å². The fourth-order valence-corrected chi connectivity index (χ4v) is 2.41. The van der Waals surface area contributed by atoms with Gasteiger partial charge in [0, 0.05) is 25.6 Å². The highest BCUT2D eigenvalue weighted by Gasteiger charge is 2.16. The van der Waals surface area contributed by atoms with Crippen molar-refractivity contribution in [2.24, 2.45) is 0 Å². The van der Waals surface area contributed by atoms with Crippen LogP contribution in [0.25, 0.3) is 0 Å². The molecule has 0 spiro atoms. The molecule has 6 heteroatoms. The molecule has 2 saturated heterocycles. The maximum absolute atomic E-state index is 11.5. The first kappa shape index (κ1) is 16.7. The molecule has 0 aromatic carbocycles. The average Bonchev–Trinajstić information content (AvgIpc) is 3.04. The molecule has 2 aliphatic heterocycles. The van der Waals surface area contributed by atoms with Gasteiger partial charge in [-0.25, -0.2) is 0 Å². The van der Waals surface area contributed by atoms with Gasteiger partial charge in [-0.05, 0) is 32.2 Å². The second-order valence-corrected chi connectivity index (χ2v) is 5.06. The molecule has 1 amide bonds. The van der Waals surface area contributed by atoms with Gasteiger partial charge in [0.25, 0.3) is 0 Å². The van der Waals surface area contributed by atoms with Crippen molar-refractivity contribution in [2.45, 2.75) is 44.2 Å². The third-order valence-corrected chi connectivity index (χ3v) is 3.51. The lowest BCUT2D eigenvalue weighted by Gasteiger charge is -2.12. The second-order valence-electron chi connectivity index (χ2n) is 5.06. The van der Waals surface area contributed by atoms with Gasteiger partial charge >= 0.3 is 0 Å². The first-order valence-corrected chi connectivity index (χ1v) is 7.04. The zero-order valence-electron chi connectivity index (χ0n) is 11.4. The Morgan fingerprint density at radius 3 is 2.95 bits per heavy atom. The predicted octanol–water partition coefficient (Wildman–Crippen LogP) is 0.862. The minimum atomic E-state index is 0. The Balaban J connectivity index is 0.00000180. The molecule has 2 heterocycles. The van der Waals surface area contributed by atoms with Gasteiger partial charge < -0.3 is 20.1 Å². The van der Waals surface area contributed by atoms with Crippen LogP contribution >= 0.6 is 12.4 Å². The van der Waals surface area contributed by atoms with Gasteiger partial charge in [0.15, 0.2) is 0 Å². The van der Waals surface area contributed by atoms with Crippen molar-refractivity contribution in [1.82, 2.24) is 10.6 Å². The number of hydrogen-bond acceptors (Lipinski definition) is 4. The number of rotatable bonds is 7. The summed E-state index contributed by atoms with van der Waals surface area (Å²) in [6.07, 6.45) is 5.28. The highest BCUT2D eigenvalue weighted by molar-refractivity contribution is 5.85. The maximum Gasteiger partial charge on any atom is 0.222 e. The van der Waals surface area contributed by atoms with Gasteiger partial charge in [-0.3, -0.25) is 4.79 Å². The van der Waals surface area contributed by atoms with Gasteiger partial charge in [0.1, 0.15) is 0 Å². The van der Waals surface area contributed by atoms with Crippen molar-refractivity contribution in [1.29, 1.82) is 0 Å². The third-order valence-electron chi connectivity index (χ3n) is 3.51. The Morgan fingerprint density at radius 1 is 1.37 bits per heavy atom. The van der Waals surface area contributed by atoms with E-state index in [2.05, 4.69) is 10.6 Å². The van der Waals surface area contributed by atoms with Crippen LogP contribution in [0.2, 0.25) is 0 Å². The summed E-state index contributed by atoms with van der Waals surface area (Å²) < 4.78 is 10.9. The van der Waals surface area contributed by atoms with Crippen LogP contribution in [0.3, 0.4) is 0 Å². The lowest BCUT2D eigenvalue weighted by Crippen LogP contribution is -2.37. The van der Waals surface area contributed by atoms with E-state index in [-0.39, 0.29) is 24.4 Å². The number of carbonyl (C=O) groups is 1. The molecule has 0 aliphatic carbocycles. The number of ether oxygens (including phenoxy) is 2. The number of carbonyl (C=O) groups excluding carboxylic acids is 1. The fourth-order valence-electron chi connectivity index (χ4n) is 2.41. The van der Waals surface area contributed by atoms with Crippen molar-refractivity contribution in [3.63, 3.8) is 0 Å². The predicted molar refractivity (Wildman–Crippen MR) is 75.7 cm³/mol. The maximum atomic E-state index is 11.5. The highest BCUT2D eigenvalue weighted by atomic mass is 35.5. The van der Waals surface area contributed by atoms with Crippen LogP contribution in [0.4, 0.5) is 0 Å². The number of amides is 1. The highest BCUT2D eigenvalue weighted by Crippen LogP contribution is 2.11. The number of nitrogens with one attached hydrogen (secondary N) is 2. The van der Waals surface area contributed by atoms with E-state index in [1.54, 1.807) is 0 Å². The van der Waals surface area contributed by atoms with Crippen molar-refractivity contribution >= 4 is 18.3 Å². The molecule has 2 rings (SSSR count). The largest absolute Gasteiger partial charge is 0.378 e. The zero-order valence-corrected chi connectivity index (χ0v) is 12.2. The lowest BCUT2D eigenvalue weighted by atomic mass is 10.2. The van der Waals surface area contributed by atoms with Crippen molar-refractivity contribution < 1.29 is 14.3 Å². The number of hydrogen-bond donors (Lipinski definition) is 2. The van der Waals surface area contributed by atoms with Gasteiger partial charge in [0.05, 0.1) is 19.3 Å². The molecule has 0 bridgehead atoms. The summed E-state index contributed by atoms with van der Waals surface area (Å²) in [7, 11) is 0. The summed E-state index contributed by atoms with van der Waals surface area (Å²) in [4.78, 5) is 11.5. The van der Waals surface area contributed by atoms with E-state index in [1.165, 1.54) is 6.42 Å². The molecule has 5 nitrogen and oxygen atoms in total. The van der Waals surface area contributed by atoms with E-state index in [4.69, 9.17) is 9.47 Å². The molecular formula is C13H25ClN2O3. The van der Waals surface area contributed by atoms with Crippen LogP contribution in [0.5, 0.6) is 0 Å². The molecule has 2 aliphatic rings. The van der Waals surface area contributed by atoms with Crippen LogP contribution in [-0.4, -0.2) is 51.0 Å². The summed E-state index contributed by atoms with van der Waals surface area (Å²) in [5.41, 5.74) is 0. The Morgan fingerprint density at radius 2 is 2.26 bits per heavy atom. The van der Waals surface area contributed by atoms with Gasteiger partial charge in [0.2, 0.25) is 5.91 Å². The molecule has 19 heavy (non-hydrogen) atoms. The molecule has 2 N–H and O–H groups in total. The van der Waals surface area contributed by atoms with Crippen LogP contribution in [0.1, 0.15) is 32.1 Å². The standard InChI is InChI=1S/C13H24N2O3.ClH/c16-13(15-9-11-3-1-6-14-11)5-8-17-10-12-4-2-7-18-12;/h11-12,14H,1-10H2,(H,15,16);1H. The molecule has 2 fully saturated rings. The SMILES string of the molecule is Cl.O=C(CCOCC1CCCO1)NCC1CCCN1. The summed E-state index contributed by atoms with van der Waals surface area (Å²) in [5.74, 6) is 0.0797. The third kappa shape index (κ3) is 6.56. The monoisotopic (exact) mass is 292 g/mol. The Bertz CT molecular complexity index is 254. The first-order chi connectivity index (χ1) is 8.84. The quantitative estimate of drug-likeness (QED) is 0.684. The summed E-state index contributed by atoms with van der Waals surface area (Å²) >= 11 is 0. The average molecular weight is 293 g/mol. The Labute approximate surface area is 121 Å². The molecule has 112 valence electrons. The fraction of sp³-hybridized carbons (Fsp3) is 0.923. The van der Waals surface area contributed by atoms with Crippen LogP contribution < -0.4 is 10.6 Å². The first-order valence-electron chi connectivity index (χ1n) is 7.04. The van der Waals surface area contributed by atoms with Gasteiger partial charge in [-0.1, -0.05) is 0 Å². The van der Waals surface area contributed by atoms with E-state index < -0.39 is 0 Å². The molecule has 2 atom stereocenters. The van der Waals surface area contributed by atoms with E-state index in [0.717, 1.165) is 39.0 Å². The Kier molecular flexibility index (Phi) is 8.37. The van der Waals surface area contributed by atoms with E-state index in [0.29, 0.717) is 25.7 Å². The second kappa shape index (κ2) is 9.53. The molecule has 0 saturated carbocycles. The minimum Gasteiger partial charge on any atom is -0.378 e. The van der Waals surface area contributed by atoms with E-state index >= 15 is 0 Å².